The highest BCUT2D eigenvalue weighted by atomic mass is 16.5. The molecule has 3 aromatic rings. The second kappa shape index (κ2) is 8.62. The average Bonchev–Trinajstić information content (AvgIpc) is 3.43. The summed E-state index contributed by atoms with van der Waals surface area (Å²) in [6.07, 6.45) is 9.93. The van der Waals surface area contributed by atoms with Gasteiger partial charge in [0.05, 0.1) is 17.1 Å². The van der Waals surface area contributed by atoms with E-state index in [9.17, 15) is 9.59 Å². The van der Waals surface area contributed by atoms with Gasteiger partial charge in [0.15, 0.2) is 5.69 Å². The van der Waals surface area contributed by atoms with Crippen molar-refractivity contribution in [1.82, 2.24) is 34.7 Å². The third kappa shape index (κ3) is 4.33. The molecule has 10 nitrogen and oxygen atoms in total. The van der Waals surface area contributed by atoms with Crippen LogP contribution in [0.5, 0.6) is 0 Å². The maximum absolute atomic E-state index is 13.0. The summed E-state index contributed by atoms with van der Waals surface area (Å²) in [4.78, 5) is 42.2. The Kier molecular flexibility index (Phi) is 5.75. The first-order valence-electron chi connectivity index (χ1n) is 9.97. The summed E-state index contributed by atoms with van der Waals surface area (Å²) in [6, 6.07) is 1.85. The third-order valence-corrected chi connectivity index (χ3v) is 5.30. The van der Waals surface area contributed by atoms with Crippen molar-refractivity contribution in [2.45, 2.75) is 37.8 Å². The van der Waals surface area contributed by atoms with Gasteiger partial charge in [-0.25, -0.2) is 15.0 Å². The summed E-state index contributed by atoms with van der Waals surface area (Å²) in [6.45, 7) is 0.0947. The van der Waals surface area contributed by atoms with E-state index < -0.39 is 0 Å². The first-order chi connectivity index (χ1) is 14.5. The van der Waals surface area contributed by atoms with Gasteiger partial charge in [0.25, 0.3) is 5.91 Å². The minimum absolute atomic E-state index is 0.0403. The Morgan fingerprint density at radius 1 is 1.27 bits per heavy atom. The van der Waals surface area contributed by atoms with Gasteiger partial charge in [-0.05, 0) is 31.7 Å². The second-order valence-electron chi connectivity index (χ2n) is 7.63. The fourth-order valence-corrected chi connectivity index (χ4v) is 3.54. The van der Waals surface area contributed by atoms with Gasteiger partial charge in [-0.1, -0.05) is 0 Å². The molecule has 3 heterocycles. The van der Waals surface area contributed by atoms with Gasteiger partial charge in [0, 0.05) is 38.7 Å². The van der Waals surface area contributed by atoms with Crippen LogP contribution in [-0.4, -0.2) is 74.1 Å². The predicted octanol–water partition coefficient (Wildman–Crippen LogP) is 1.29. The Morgan fingerprint density at radius 3 is 2.77 bits per heavy atom. The summed E-state index contributed by atoms with van der Waals surface area (Å²) in [5.41, 5.74) is 1.58. The molecule has 2 amide bonds. The van der Waals surface area contributed by atoms with Gasteiger partial charge >= 0.3 is 0 Å². The van der Waals surface area contributed by atoms with Crippen molar-refractivity contribution in [3.63, 3.8) is 0 Å². The highest BCUT2D eigenvalue weighted by molar-refractivity contribution is 6.03. The number of hydrogen-bond acceptors (Lipinski definition) is 6. The van der Waals surface area contributed by atoms with Crippen LogP contribution in [0.4, 0.5) is 0 Å². The Balaban J connectivity index is 1.40. The largest absolute Gasteiger partial charge is 0.368 e. The van der Waals surface area contributed by atoms with Crippen molar-refractivity contribution in [3.8, 4) is 5.95 Å². The van der Waals surface area contributed by atoms with Gasteiger partial charge in [0.1, 0.15) is 12.9 Å². The lowest BCUT2D eigenvalue weighted by atomic mass is 9.93. The molecule has 2 N–H and O–H groups in total. The minimum atomic E-state index is -0.238. The predicted molar refractivity (Wildman–Crippen MR) is 109 cm³/mol. The lowest BCUT2D eigenvalue weighted by Crippen LogP contribution is -2.40. The zero-order chi connectivity index (χ0) is 21.1. The Labute approximate surface area is 173 Å². The molecule has 0 radical (unpaired) electrons. The fourth-order valence-electron chi connectivity index (χ4n) is 3.54. The fraction of sp³-hybridized carbons (Fsp3) is 0.450. The number of rotatable bonds is 6. The highest BCUT2D eigenvalue weighted by Crippen LogP contribution is 2.22. The first kappa shape index (κ1) is 20.0. The molecule has 10 heteroatoms. The van der Waals surface area contributed by atoms with E-state index in [1.54, 1.807) is 43.6 Å². The van der Waals surface area contributed by atoms with Gasteiger partial charge in [-0.15, -0.1) is 0 Å². The number of carbonyl (C=O) groups excluding carboxylic acids is 2. The molecule has 1 fully saturated rings. The maximum Gasteiger partial charge on any atom is 0.272 e. The van der Waals surface area contributed by atoms with E-state index in [-0.39, 0.29) is 30.6 Å². The van der Waals surface area contributed by atoms with Crippen molar-refractivity contribution < 1.29 is 14.3 Å². The molecule has 0 unspecified atom stereocenters. The number of hydrogen-bond donors (Lipinski definition) is 2. The van der Waals surface area contributed by atoms with E-state index in [1.807, 2.05) is 6.07 Å². The molecule has 3 aromatic heterocycles. The number of H-pyrrole nitrogens is 1. The van der Waals surface area contributed by atoms with E-state index in [2.05, 4.69) is 25.3 Å². The van der Waals surface area contributed by atoms with Gasteiger partial charge in [0.2, 0.25) is 11.9 Å². The number of imidazole rings is 1. The number of nitrogens with one attached hydrogen (secondary N) is 2. The Hall–Kier alpha value is -3.27. The first-order valence-corrected chi connectivity index (χ1v) is 9.97. The normalized spacial score (nSPS) is 19.0. The quantitative estimate of drug-likeness (QED) is 0.631. The van der Waals surface area contributed by atoms with Crippen molar-refractivity contribution in [1.29, 1.82) is 0 Å². The monoisotopic (exact) mass is 411 g/mol. The molecule has 0 aromatic carbocycles. The number of aromatic nitrogens is 5. The zero-order valence-corrected chi connectivity index (χ0v) is 17.0. The zero-order valence-electron chi connectivity index (χ0n) is 17.0. The van der Waals surface area contributed by atoms with Crippen LogP contribution in [0.15, 0.2) is 31.0 Å². The van der Waals surface area contributed by atoms with E-state index >= 15 is 0 Å². The SMILES string of the molecule is CN(C)C(=O)COC1CCC(NC(=O)c2nc(-n3ccnc3)nc3cc[nH]c23)CC1. The van der Waals surface area contributed by atoms with E-state index in [0.717, 1.165) is 25.7 Å². The van der Waals surface area contributed by atoms with E-state index in [0.29, 0.717) is 22.7 Å². The van der Waals surface area contributed by atoms with Crippen LogP contribution in [-0.2, 0) is 9.53 Å². The third-order valence-electron chi connectivity index (χ3n) is 5.30. The molecule has 0 bridgehead atoms. The molecule has 1 saturated carbocycles. The molecule has 0 atom stereocenters. The number of ether oxygens (including phenoxy) is 1. The Bertz CT molecular complexity index is 1020. The van der Waals surface area contributed by atoms with Gasteiger partial charge in [-0.3, -0.25) is 14.2 Å². The van der Waals surface area contributed by atoms with Crippen molar-refractivity contribution in [2.24, 2.45) is 0 Å². The lowest BCUT2D eigenvalue weighted by Gasteiger charge is -2.29. The molecule has 1 aliphatic carbocycles. The molecule has 0 spiro atoms. The summed E-state index contributed by atoms with van der Waals surface area (Å²) < 4.78 is 7.38. The molecule has 4 rings (SSSR count). The van der Waals surface area contributed by atoms with Crippen LogP contribution in [0.25, 0.3) is 17.0 Å². The van der Waals surface area contributed by atoms with E-state index in [4.69, 9.17) is 4.74 Å². The second-order valence-corrected chi connectivity index (χ2v) is 7.63. The minimum Gasteiger partial charge on any atom is -0.368 e. The van der Waals surface area contributed by atoms with Crippen LogP contribution in [0.1, 0.15) is 36.2 Å². The number of aromatic amines is 1. The number of fused-ring (bicyclic) bond motifs is 1. The summed E-state index contributed by atoms with van der Waals surface area (Å²) in [5.74, 6) is 0.114. The van der Waals surface area contributed by atoms with Crippen LogP contribution in [0.3, 0.4) is 0 Å². The molecule has 158 valence electrons. The van der Waals surface area contributed by atoms with Crippen LogP contribution in [0.2, 0.25) is 0 Å². The standard InChI is InChI=1S/C20H25N7O3/c1-26(2)16(28)11-30-14-5-3-13(4-6-14)23-19(29)18-17-15(7-8-22-17)24-20(25-18)27-10-9-21-12-27/h7-10,12-14,22H,3-6,11H2,1-2H3,(H,23,29). The Morgan fingerprint density at radius 2 is 2.07 bits per heavy atom. The van der Waals surface area contributed by atoms with Gasteiger partial charge < -0.3 is 19.9 Å². The number of likely N-dealkylation sites (N-methyl/N-ethyl adjacent to an activating group) is 1. The molecular weight excluding hydrogens is 386 g/mol. The van der Waals surface area contributed by atoms with E-state index in [1.165, 1.54) is 4.90 Å². The summed E-state index contributed by atoms with van der Waals surface area (Å²) in [5, 5.41) is 3.09. The number of nitrogens with zero attached hydrogens (tertiary/aromatic N) is 5. The number of amides is 2. The molecule has 0 saturated heterocycles. The molecule has 30 heavy (non-hydrogen) atoms. The molecular formula is C20H25N7O3. The molecule has 1 aliphatic rings. The maximum atomic E-state index is 13.0. The summed E-state index contributed by atoms with van der Waals surface area (Å²) in [7, 11) is 3.43. The van der Waals surface area contributed by atoms with Crippen molar-refractivity contribution in [2.75, 3.05) is 20.7 Å². The van der Waals surface area contributed by atoms with Crippen LogP contribution in [0, 0.1) is 0 Å². The highest BCUT2D eigenvalue weighted by Gasteiger charge is 2.25. The van der Waals surface area contributed by atoms with Gasteiger partial charge in [-0.2, -0.15) is 0 Å². The topological polar surface area (TPSA) is 118 Å². The van der Waals surface area contributed by atoms with Crippen molar-refractivity contribution in [3.05, 3.63) is 36.7 Å². The lowest BCUT2D eigenvalue weighted by molar-refractivity contribution is -0.136. The molecule has 0 aliphatic heterocycles. The smallest absolute Gasteiger partial charge is 0.272 e. The summed E-state index contributed by atoms with van der Waals surface area (Å²) >= 11 is 0. The number of carbonyl (C=O) groups is 2. The van der Waals surface area contributed by atoms with Crippen molar-refractivity contribution >= 4 is 22.8 Å². The average molecular weight is 411 g/mol. The van der Waals surface area contributed by atoms with Crippen LogP contribution >= 0.6 is 0 Å². The van der Waals surface area contributed by atoms with Crippen LogP contribution < -0.4 is 5.32 Å².